The number of hydrogen-bond donors (Lipinski definition) is 5. The van der Waals surface area contributed by atoms with Gasteiger partial charge in [0, 0.05) is 94.8 Å². The molecule has 15 heterocycles. The van der Waals surface area contributed by atoms with E-state index in [2.05, 4.69) is 82.8 Å². The fourth-order valence-corrected chi connectivity index (χ4v) is 12.4. The van der Waals surface area contributed by atoms with E-state index in [4.69, 9.17) is 55.9 Å². The summed E-state index contributed by atoms with van der Waals surface area (Å²) in [4.78, 5) is 65.4. The predicted octanol–water partition coefficient (Wildman–Crippen LogP) is 14.0. The second-order valence-electron chi connectivity index (χ2n) is 26.2. The third kappa shape index (κ3) is 22.3. The van der Waals surface area contributed by atoms with Gasteiger partial charge in [-0.3, -0.25) is 47.4 Å². The Labute approximate surface area is 674 Å². The van der Waals surface area contributed by atoms with Crippen molar-refractivity contribution in [2.75, 3.05) is 26.6 Å². The lowest BCUT2D eigenvalue weighted by Gasteiger charge is -2.03. The van der Waals surface area contributed by atoms with E-state index < -0.39 is 11.6 Å². The van der Waals surface area contributed by atoms with E-state index in [0.29, 0.717) is 112 Å². The molecule has 0 unspecified atom stereocenters. The summed E-state index contributed by atoms with van der Waals surface area (Å²) in [5, 5.41) is 57.3. The number of nitrogens with one attached hydrogen (secondary N) is 5. The highest BCUT2D eigenvalue weighted by molar-refractivity contribution is 7.51. The average Bonchev–Trinajstić information content (AvgIpc) is 1.70. The first-order chi connectivity index (χ1) is 55.4. The molecule has 39 heteroatoms. The van der Waals surface area contributed by atoms with Gasteiger partial charge in [-0.2, -0.15) is 33.9 Å². The second-order valence-corrected chi connectivity index (χ2v) is 27.6. The highest BCUT2D eigenvalue weighted by Crippen LogP contribution is 2.29. The van der Waals surface area contributed by atoms with Gasteiger partial charge in [0.05, 0.1) is 83.6 Å². The summed E-state index contributed by atoms with van der Waals surface area (Å²) in [7, 11) is 0. The smallest absolute Gasteiger partial charge is 0.335 e. The third-order valence-electron chi connectivity index (χ3n) is 17.5. The Bertz CT molecular complexity index is 5750. The van der Waals surface area contributed by atoms with Crippen LogP contribution >= 0.6 is 22.9 Å². The Morgan fingerprint density at radius 2 is 0.767 bits per heavy atom. The van der Waals surface area contributed by atoms with Gasteiger partial charge >= 0.3 is 11.6 Å². The molecule has 0 bridgehead atoms. The highest BCUT2D eigenvalue weighted by atomic mass is 35.5. The zero-order valence-electron chi connectivity index (χ0n) is 66.0. The SMILES string of the molecule is Cc1cc(C(=O)Nc2ccn(Cc3c(C)noc3C)n2)c(C)o1.Cc1ccc(C(=O)Nc2ccn(Cc3c(C)noc3C)n2)o1.Cc1cccc(C(=O)Nc2ccn(Cc3c(C)noc3C)n2)n1.Cc1csc(C(=O)Nc2ccn(Cc3c(C)noc3C)n2)c1Cl.Cc1noc(C)c1Cn1ccc(NC(=O)c2ccoc2C)n1.O=S=O. The highest BCUT2D eigenvalue weighted by Gasteiger charge is 2.22. The first-order valence-corrected chi connectivity index (χ1v) is 37.4. The molecule has 0 aliphatic heterocycles. The lowest BCUT2D eigenvalue weighted by molar-refractivity contribution is 0.0990. The summed E-state index contributed by atoms with van der Waals surface area (Å²) in [6, 6.07) is 20.7. The Hall–Kier alpha value is -13.8. The monoisotopic (exact) mass is 1640 g/mol. The minimum Gasteiger partial charge on any atom is -0.469 e. The Kier molecular flexibility index (Phi) is 28.2. The van der Waals surface area contributed by atoms with Crippen LogP contribution in [-0.2, 0) is 44.3 Å². The number of nitrogens with zero attached hydrogens (tertiary/aromatic N) is 16. The van der Waals surface area contributed by atoms with Crippen LogP contribution in [0, 0.1) is 111 Å². The van der Waals surface area contributed by atoms with Gasteiger partial charge < -0.3 is 62.5 Å². The fourth-order valence-electron chi connectivity index (χ4n) is 11.2. The van der Waals surface area contributed by atoms with Gasteiger partial charge in [0.2, 0.25) is 0 Å². The zero-order valence-corrected chi connectivity index (χ0v) is 68.4. The van der Waals surface area contributed by atoms with Crippen LogP contribution in [0.15, 0.2) is 151 Å². The number of carbonyl (C=O) groups is 5. The van der Waals surface area contributed by atoms with Crippen LogP contribution in [0.3, 0.4) is 0 Å². The van der Waals surface area contributed by atoms with Crippen molar-refractivity contribution in [2.24, 2.45) is 0 Å². The molecule has 0 atom stereocenters. The Balaban J connectivity index is 0.000000152. The van der Waals surface area contributed by atoms with E-state index in [1.807, 2.05) is 101 Å². The van der Waals surface area contributed by atoms with E-state index in [9.17, 15) is 24.0 Å². The van der Waals surface area contributed by atoms with Crippen LogP contribution in [0.1, 0.15) is 171 Å². The second kappa shape index (κ2) is 38.7. The van der Waals surface area contributed by atoms with Crippen LogP contribution < -0.4 is 26.6 Å². The molecule has 0 aliphatic carbocycles. The fraction of sp³-hybridized carbons (Fsp3) is 0.273. The van der Waals surface area contributed by atoms with Crippen LogP contribution in [0.2, 0.25) is 5.02 Å². The molecule has 15 rings (SSSR count). The standard InChI is InChI=1S/C16H17N5O2.C16H18N4O3.C15H15ClN4O2S.2C15H16N4O3.O2S/c1-10-5-4-6-14(17-10)16(22)18-15-7-8-21(19-15)9-13-11(2)20-23-12(13)3;1-9-7-13(11(3)22-9)16(21)17-15-5-6-20(18-15)8-14-10(2)19-23-12(14)4;1-8-7-23-14(13(8)16)15(21)17-12-4-5-20(18-12)6-11-9(2)19-22-10(11)3;1-9-13(11(3)22-18-9)8-19-6-4-14(17-19)16-15(20)12-5-7-21-10(12)2;1-9-4-5-13(21-9)15(20)16-14-6-7-19(17-14)8-12-10(2)18-22-11(12)3;1-3-2/h4-8H,9H2,1-3H3,(H,18,19,22);5-7H,8H2,1-4H3,(H,17,18,21);4-5,7H,6H2,1-3H3,(H,17,18,21);2*4-7H,8H2,1-3H3,(H,16,17,20);. The molecule has 15 aromatic heterocycles. The molecule has 116 heavy (non-hydrogen) atoms. The maximum absolute atomic E-state index is 12.2. The quantitative estimate of drug-likeness (QED) is 0.0473. The topological polar surface area (TPSA) is 451 Å². The largest absolute Gasteiger partial charge is 0.469 e. The summed E-state index contributed by atoms with van der Waals surface area (Å²) < 4.78 is 66.7. The van der Waals surface area contributed by atoms with Gasteiger partial charge in [0.1, 0.15) is 62.4 Å². The van der Waals surface area contributed by atoms with E-state index >= 15 is 0 Å². The number of rotatable bonds is 20. The van der Waals surface area contributed by atoms with Crippen LogP contribution in [0.25, 0.3) is 0 Å². The van der Waals surface area contributed by atoms with Crippen molar-refractivity contribution < 1.29 is 68.3 Å². The molecule has 36 nitrogen and oxygen atoms in total. The van der Waals surface area contributed by atoms with E-state index in [0.717, 1.165) is 96.3 Å². The summed E-state index contributed by atoms with van der Waals surface area (Å²) in [5.74, 6) is 7.73. The number of aryl methyl sites for hydroxylation is 16. The molecule has 0 spiro atoms. The van der Waals surface area contributed by atoms with Gasteiger partial charge in [-0.05, 0) is 158 Å². The first-order valence-electron chi connectivity index (χ1n) is 35.5. The molecule has 0 saturated carbocycles. The van der Waals surface area contributed by atoms with Crippen molar-refractivity contribution in [1.82, 2.24) is 79.7 Å². The summed E-state index contributed by atoms with van der Waals surface area (Å²) in [5.41, 5.74) is 12.2. The molecule has 0 aromatic carbocycles. The van der Waals surface area contributed by atoms with Crippen LogP contribution in [-0.4, -0.2) is 118 Å². The Morgan fingerprint density at radius 3 is 1.07 bits per heavy atom. The number of halogens is 1. The molecular formula is C77H82ClN21O15S2. The molecular weight excluding hydrogens is 1560 g/mol. The Morgan fingerprint density at radius 1 is 0.405 bits per heavy atom. The molecule has 604 valence electrons. The van der Waals surface area contributed by atoms with Crippen molar-refractivity contribution in [2.45, 2.75) is 144 Å². The maximum atomic E-state index is 12.2. The normalized spacial score (nSPS) is 10.7. The maximum Gasteiger partial charge on any atom is 0.335 e. The molecule has 0 saturated heterocycles. The number of hydrogen-bond acceptors (Lipinski definition) is 27. The molecule has 5 amide bonds. The van der Waals surface area contributed by atoms with E-state index in [1.165, 1.54) is 17.6 Å². The summed E-state index contributed by atoms with van der Waals surface area (Å²) in [6.07, 6.45) is 10.5. The minimum absolute atomic E-state index is 0.234. The molecule has 0 fully saturated rings. The minimum atomic E-state index is -0.750. The van der Waals surface area contributed by atoms with Crippen molar-refractivity contribution in [3.8, 4) is 0 Å². The van der Waals surface area contributed by atoms with Gasteiger partial charge in [-0.15, -0.1) is 11.3 Å². The number of anilines is 5. The van der Waals surface area contributed by atoms with Crippen molar-refractivity contribution in [3.63, 3.8) is 0 Å². The predicted molar refractivity (Wildman–Crippen MR) is 423 cm³/mol. The zero-order chi connectivity index (χ0) is 83.6. The van der Waals surface area contributed by atoms with Crippen LogP contribution in [0.5, 0.6) is 0 Å². The van der Waals surface area contributed by atoms with Crippen molar-refractivity contribution in [1.29, 1.82) is 0 Å². The lowest BCUT2D eigenvalue weighted by Crippen LogP contribution is -2.14. The van der Waals surface area contributed by atoms with Gasteiger partial charge in [-0.1, -0.05) is 43.5 Å². The number of furan rings is 3. The van der Waals surface area contributed by atoms with Crippen molar-refractivity contribution >= 4 is 93.1 Å². The molecule has 0 radical (unpaired) electrons. The van der Waals surface area contributed by atoms with Gasteiger partial charge in [0.15, 0.2) is 34.8 Å². The molecule has 5 N–H and O–H groups in total. The van der Waals surface area contributed by atoms with E-state index in [-0.39, 0.29) is 35.3 Å². The summed E-state index contributed by atoms with van der Waals surface area (Å²) in [6.45, 7) is 32.3. The number of pyridine rings is 1. The lowest BCUT2D eigenvalue weighted by atomic mass is 10.2. The number of aromatic nitrogens is 16. The van der Waals surface area contributed by atoms with Crippen LogP contribution in [0.4, 0.5) is 29.1 Å². The van der Waals surface area contributed by atoms with Crippen molar-refractivity contribution in [3.05, 3.63) is 267 Å². The van der Waals surface area contributed by atoms with E-state index in [1.54, 1.807) is 142 Å². The first kappa shape index (κ1) is 84.7. The van der Waals surface area contributed by atoms with Gasteiger partial charge in [-0.25, -0.2) is 4.98 Å². The number of thiophene rings is 1. The van der Waals surface area contributed by atoms with Gasteiger partial charge in [0.25, 0.3) is 29.5 Å². The third-order valence-corrected chi connectivity index (χ3v) is 19.2. The summed E-state index contributed by atoms with van der Waals surface area (Å²) >= 11 is 6.68. The molecule has 15 aromatic rings. The number of carbonyl (C=O) groups excluding carboxylic acids is 5. The number of amides is 5. The molecule has 0 aliphatic rings. The average molecular weight is 1640 g/mol.